The molecule has 2 aliphatic rings. The van der Waals surface area contributed by atoms with Gasteiger partial charge in [0, 0.05) is 0 Å². The van der Waals surface area contributed by atoms with E-state index in [1.54, 1.807) is 0 Å². The molecule has 2 nitrogen and oxygen atoms in total. The smallest absolute Gasteiger partial charge is 0.111 e. The highest BCUT2D eigenvalue weighted by molar-refractivity contribution is 5.85. The van der Waals surface area contributed by atoms with E-state index in [2.05, 4.69) is 60.7 Å². The summed E-state index contributed by atoms with van der Waals surface area (Å²) in [7, 11) is 0. The summed E-state index contributed by atoms with van der Waals surface area (Å²) in [4.78, 5) is 0. The monoisotopic (exact) mass is 290 g/mol. The van der Waals surface area contributed by atoms with E-state index in [0.29, 0.717) is 6.61 Å². The van der Waals surface area contributed by atoms with E-state index in [1.807, 2.05) is 0 Å². The molecule has 0 radical (unpaired) electrons. The van der Waals surface area contributed by atoms with E-state index in [-0.39, 0.29) is 12.5 Å². The lowest BCUT2D eigenvalue weighted by Gasteiger charge is -2.20. The number of allylic oxidation sites excluding steroid dienone is 2. The zero-order chi connectivity index (χ0) is 14.9. The fourth-order valence-corrected chi connectivity index (χ4v) is 3.49. The minimum atomic E-state index is 0.0377. The molecule has 110 valence electrons. The molecule has 0 aromatic heterocycles. The predicted octanol–water partition coefficient (Wildman–Crippen LogP) is 3.77. The SMILES string of the molecule is OCCOC1=Cc2ccccc2C1C1=CCc2ccccc21. The average molecular weight is 290 g/mol. The lowest BCUT2D eigenvalue weighted by Crippen LogP contribution is -2.07. The Balaban J connectivity index is 1.77. The summed E-state index contributed by atoms with van der Waals surface area (Å²) in [5.74, 6) is 1.09. The summed E-state index contributed by atoms with van der Waals surface area (Å²) in [5, 5.41) is 9.09. The van der Waals surface area contributed by atoms with Crippen LogP contribution in [-0.4, -0.2) is 18.3 Å². The fraction of sp³-hybridized carbons (Fsp3) is 0.200. The van der Waals surface area contributed by atoms with Gasteiger partial charge in [0.1, 0.15) is 12.4 Å². The molecule has 1 N–H and O–H groups in total. The minimum Gasteiger partial charge on any atom is -0.495 e. The Bertz CT molecular complexity index is 771. The second-order valence-corrected chi connectivity index (χ2v) is 5.70. The summed E-state index contributed by atoms with van der Waals surface area (Å²) in [6.45, 7) is 0.376. The molecule has 0 spiro atoms. The Hall–Kier alpha value is -2.32. The number of fused-ring (bicyclic) bond motifs is 2. The number of ether oxygens (including phenoxy) is 1. The Labute approximate surface area is 130 Å². The molecular formula is C20H18O2. The van der Waals surface area contributed by atoms with E-state index in [4.69, 9.17) is 9.84 Å². The number of hydrogen-bond acceptors (Lipinski definition) is 2. The topological polar surface area (TPSA) is 29.5 Å². The first-order valence-corrected chi connectivity index (χ1v) is 7.71. The van der Waals surface area contributed by atoms with Crippen molar-refractivity contribution in [1.82, 2.24) is 0 Å². The van der Waals surface area contributed by atoms with Crippen molar-refractivity contribution in [2.45, 2.75) is 12.3 Å². The van der Waals surface area contributed by atoms with E-state index in [9.17, 15) is 0 Å². The number of benzene rings is 2. The van der Waals surface area contributed by atoms with Crippen LogP contribution in [0.15, 0.2) is 60.4 Å². The molecule has 0 heterocycles. The molecule has 0 bridgehead atoms. The van der Waals surface area contributed by atoms with Gasteiger partial charge in [0.15, 0.2) is 0 Å². The highest BCUT2D eigenvalue weighted by Gasteiger charge is 2.32. The molecule has 1 atom stereocenters. The molecule has 0 fully saturated rings. The average Bonchev–Trinajstić information content (AvgIpc) is 3.13. The van der Waals surface area contributed by atoms with Crippen molar-refractivity contribution in [1.29, 1.82) is 0 Å². The fourth-order valence-electron chi connectivity index (χ4n) is 3.49. The Kier molecular flexibility index (Phi) is 3.32. The van der Waals surface area contributed by atoms with Crippen molar-refractivity contribution in [2.75, 3.05) is 13.2 Å². The Morgan fingerprint density at radius 2 is 1.86 bits per heavy atom. The predicted molar refractivity (Wildman–Crippen MR) is 88.3 cm³/mol. The standard InChI is InChI=1S/C20H18O2/c21-11-12-22-19-13-15-6-2-4-8-17(15)20(19)18-10-9-14-5-1-3-7-16(14)18/h1-8,10,13,20-21H,9,11-12H2. The first kappa shape index (κ1) is 13.4. The van der Waals surface area contributed by atoms with Crippen LogP contribution in [0.5, 0.6) is 0 Å². The van der Waals surface area contributed by atoms with Gasteiger partial charge in [-0.05, 0) is 40.3 Å². The van der Waals surface area contributed by atoms with Gasteiger partial charge in [0.05, 0.1) is 12.5 Å². The molecule has 4 rings (SSSR count). The zero-order valence-corrected chi connectivity index (χ0v) is 12.3. The second kappa shape index (κ2) is 5.47. The van der Waals surface area contributed by atoms with Crippen LogP contribution in [0.2, 0.25) is 0 Å². The maximum Gasteiger partial charge on any atom is 0.111 e. The van der Waals surface area contributed by atoms with Crippen LogP contribution >= 0.6 is 0 Å². The number of rotatable bonds is 4. The van der Waals surface area contributed by atoms with Crippen LogP contribution in [0.1, 0.15) is 28.2 Å². The van der Waals surface area contributed by atoms with Crippen molar-refractivity contribution in [3.8, 4) is 0 Å². The van der Waals surface area contributed by atoms with Crippen molar-refractivity contribution in [3.63, 3.8) is 0 Å². The molecule has 22 heavy (non-hydrogen) atoms. The molecule has 0 amide bonds. The number of aliphatic hydroxyl groups excluding tert-OH is 1. The molecular weight excluding hydrogens is 272 g/mol. The zero-order valence-electron chi connectivity index (χ0n) is 12.3. The molecule has 0 aliphatic heterocycles. The quantitative estimate of drug-likeness (QED) is 0.928. The Morgan fingerprint density at radius 1 is 1.05 bits per heavy atom. The molecule has 1 unspecified atom stereocenters. The summed E-state index contributed by atoms with van der Waals surface area (Å²) < 4.78 is 5.84. The largest absolute Gasteiger partial charge is 0.495 e. The first-order valence-electron chi connectivity index (χ1n) is 7.71. The lowest BCUT2D eigenvalue weighted by atomic mass is 9.88. The van der Waals surface area contributed by atoms with Crippen LogP contribution < -0.4 is 0 Å². The van der Waals surface area contributed by atoms with Crippen molar-refractivity contribution >= 4 is 11.6 Å². The van der Waals surface area contributed by atoms with E-state index < -0.39 is 0 Å². The van der Waals surface area contributed by atoms with Crippen LogP contribution in [0, 0.1) is 0 Å². The van der Waals surface area contributed by atoms with Crippen LogP contribution in [-0.2, 0) is 11.2 Å². The van der Waals surface area contributed by atoms with Gasteiger partial charge in [-0.1, -0.05) is 54.6 Å². The van der Waals surface area contributed by atoms with Crippen LogP contribution in [0.25, 0.3) is 11.6 Å². The van der Waals surface area contributed by atoms with Crippen LogP contribution in [0.3, 0.4) is 0 Å². The van der Waals surface area contributed by atoms with Gasteiger partial charge in [-0.3, -0.25) is 0 Å². The maximum absolute atomic E-state index is 9.09. The van der Waals surface area contributed by atoms with Gasteiger partial charge in [0.2, 0.25) is 0 Å². The molecule has 2 aromatic carbocycles. The first-order chi connectivity index (χ1) is 10.9. The van der Waals surface area contributed by atoms with Gasteiger partial charge in [-0.15, -0.1) is 0 Å². The van der Waals surface area contributed by atoms with Gasteiger partial charge >= 0.3 is 0 Å². The van der Waals surface area contributed by atoms with Gasteiger partial charge in [-0.2, -0.15) is 0 Å². The van der Waals surface area contributed by atoms with Crippen molar-refractivity contribution < 1.29 is 9.84 Å². The van der Waals surface area contributed by atoms with E-state index in [1.165, 1.54) is 27.8 Å². The van der Waals surface area contributed by atoms with Crippen LogP contribution in [0.4, 0.5) is 0 Å². The molecule has 2 aliphatic carbocycles. The third kappa shape index (κ3) is 2.08. The highest BCUT2D eigenvalue weighted by atomic mass is 16.5. The second-order valence-electron chi connectivity index (χ2n) is 5.70. The normalized spacial score (nSPS) is 18.5. The summed E-state index contributed by atoms with van der Waals surface area (Å²) in [5.41, 5.74) is 6.53. The molecule has 2 heteroatoms. The molecule has 2 aromatic rings. The van der Waals surface area contributed by atoms with Gasteiger partial charge < -0.3 is 9.84 Å². The van der Waals surface area contributed by atoms with Gasteiger partial charge in [-0.25, -0.2) is 0 Å². The lowest BCUT2D eigenvalue weighted by molar-refractivity contribution is 0.142. The van der Waals surface area contributed by atoms with Crippen molar-refractivity contribution in [2.24, 2.45) is 0 Å². The molecule has 0 saturated heterocycles. The van der Waals surface area contributed by atoms with E-state index in [0.717, 1.165) is 12.2 Å². The van der Waals surface area contributed by atoms with Crippen molar-refractivity contribution in [3.05, 3.63) is 82.6 Å². The number of hydrogen-bond donors (Lipinski definition) is 1. The third-order valence-electron chi connectivity index (χ3n) is 4.43. The maximum atomic E-state index is 9.09. The highest BCUT2D eigenvalue weighted by Crippen LogP contribution is 2.47. The minimum absolute atomic E-state index is 0.0377. The van der Waals surface area contributed by atoms with Gasteiger partial charge in [0.25, 0.3) is 0 Å². The molecule has 0 saturated carbocycles. The summed E-state index contributed by atoms with van der Waals surface area (Å²) in [6.07, 6.45) is 5.41. The third-order valence-corrected chi connectivity index (χ3v) is 4.43. The van der Waals surface area contributed by atoms with E-state index >= 15 is 0 Å². The Morgan fingerprint density at radius 3 is 2.77 bits per heavy atom. The summed E-state index contributed by atoms with van der Waals surface area (Å²) >= 11 is 0. The summed E-state index contributed by atoms with van der Waals surface area (Å²) in [6, 6.07) is 17.0. The number of aliphatic hydroxyl groups is 1.